The van der Waals surface area contributed by atoms with Crippen molar-refractivity contribution in [3.05, 3.63) is 54.7 Å². The highest BCUT2D eigenvalue weighted by Gasteiger charge is 2.53. The van der Waals surface area contributed by atoms with Crippen molar-refractivity contribution < 1.29 is 9.59 Å². The molecule has 0 amide bonds. The first-order valence-corrected chi connectivity index (χ1v) is 9.18. The predicted molar refractivity (Wildman–Crippen MR) is 97.4 cm³/mol. The average Bonchev–Trinajstić information content (AvgIpc) is 2.67. The summed E-state index contributed by atoms with van der Waals surface area (Å²) in [5.41, 5.74) is 2.01. The van der Waals surface area contributed by atoms with Crippen molar-refractivity contribution in [3.63, 3.8) is 0 Å². The molecule has 3 aliphatic rings. The van der Waals surface area contributed by atoms with Crippen molar-refractivity contribution in [2.45, 2.75) is 31.9 Å². The third kappa shape index (κ3) is 2.30. The van der Waals surface area contributed by atoms with Crippen LogP contribution in [0.2, 0.25) is 0 Å². The number of hydrogen-bond donors (Lipinski definition) is 1. The molecule has 3 heteroatoms. The van der Waals surface area contributed by atoms with Crippen molar-refractivity contribution in [2.75, 3.05) is 19.6 Å². The maximum absolute atomic E-state index is 11.4. The lowest BCUT2D eigenvalue weighted by Gasteiger charge is -2.57. The molecule has 4 heterocycles. The van der Waals surface area contributed by atoms with Crippen LogP contribution in [0.1, 0.15) is 31.4 Å². The Morgan fingerprint density at radius 3 is 3.00 bits per heavy atom. The summed E-state index contributed by atoms with van der Waals surface area (Å²) in [6, 6.07) is 10.4. The number of aliphatic hydroxyl groups is 1. The van der Waals surface area contributed by atoms with Crippen LogP contribution in [0.3, 0.4) is 0 Å². The van der Waals surface area contributed by atoms with E-state index in [9.17, 15) is 5.11 Å². The van der Waals surface area contributed by atoms with E-state index >= 15 is 0 Å². The average molecular weight is 323 g/mol. The van der Waals surface area contributed by atoms with Gasteiger partial charge in [0.15, 0.2) is 0 Å². The van der Waals surface area contributed by atoms with Gasteiger partial charge in [-0.1, -0.05) is 24.3 Å². The lowest BCUT2D eigenvalue weighted by molar-refractivity contribution is -0.971. The molecule has 0 radical (unpaired) electrons. The van der Waals surface area contributed by atoms with Crippen LogP contribution in [0.25, 0.3) is 10.9 Å². The first-order chi connectivity index (χ1) is 11.7. The van der Waals surface area contributed by atoms with Gasteiger partial charge in [0.1, 0.15) is 12.1 Å². The number of piperidine rings is 3. The molecule has 24 heavy (non-hydrogen) atoms. The van der Waals surface area contributed by atoms with E-state index < -0.39 is 6.10 Å². The number of fused-ring (bicyclic) bond motifs is 4. The number of quaternary nitrogens is 1. The molecule has 2 bridgehead atoms. The number of aliphatic hydroxyl groups excluding tert-OH is 1. The second-order valence-corrected chi connectivity index (χ2v) is 7.55. The molecule has 3 fully saturated rings. The van der Waals surface area contributed by atoms with Crippen LogP contribution in [0.5, 0.6) is 0 Å². The molecule has 0 saturated carbocycles. The van der Waals surface area contributed by atoms with E-state index in [0.29, 0.717) is 11.8 Å². The molecular formula is C21H27N2O+. The second kappa shape index (κ2) is 5.98. The summed E-state index contributed by atoms with van der Waals surface area (Å²) < 4.78 is 1.03. The Morgan fingerprint density at radius 1 is 1.38 bits per heavy atom. The van der Waals surface area contributed by atoms with E-state index in [2.05, 4.69) is 30.6 Å². The molecule has 1 aromatic heterocycles. The number of pyridine rings is 1. The molecule has 1 aromatic carbocycles. The zero-order chi connectivity index (χ0) is 16.7. The predicted octanol–water partition coefficient (Wildman–Crippen LogP) is 3.70. The number of hydrogen-bond acceptors (Lipinski definition) is 2. The quantitative estimate of drug-likeness (QED) is 0.687. The molecule has 5 atom stereocenters. The molecule has 0 aliphatic carbocycles. The van der Waals surface area contributed by atoms with Crippen LogP contribution >= 0.6 is 0 Å². The van der Waals surface area contributed by atoms with Gasteiger partial charge in [-0.25, -0.2) is 0 Å². The third-order valence-electron chi connectivity index (χ3n) is 6.67. The summed E-state index contributed by atoms with van der Waals surface area (Å²) in [7, 11) is 0. The minimum atomic E-state index is -0.425. The minimum Gasteiger partial charge on any atom is -0.382 e. The molecule has 126 valence electrons. The lowest BCUT2D eigenvalue weighted by atomic mass is 9.71. The standard InChI is InChI=1S/C21H27N2O/c1-3-15-14-23(4-2)12-10-16(15)13-20(23)21(24)18-9-11-22-19-8-6-5-7-17(18)19/h3,5-9,11,15-16,20-21,24H,1,4,10,12-14H2,2H3/q+1. The molecular weight excluding hydrogens is 296 g/mol. The summed E-state index contributed by atoms with van der Waals surface area (Å²) in [4.78, 5) is 4.45. The first-order valence-electron chi connectivity index (χ1n) is 9.18. The first kappa shape index (κ1) is 15.8. The van der Waals surface area contributed by atoms with Gasteiger partial charge in [-0.2, -0.15) is 0 Å². The summed E-state index contributed by atoms with van der Waals surface area (Å²) in [5.74, 6) is 1.29. The fraction of sp³-hybridized carbons (Fsp3) is 0.476. The lowest BCUT2D eigenvalue weighted by Crippen LogP contribution is -2.68. The van der Waals surface area contributed by atoms with Gasteiger partial charge in [0.05, 0.1) is 25.2 Å². The maximum atomic E-state index is 11.4. The number of aromatic nitrogens is 1. The van der Waals surface area contributed by atoms with Crippen LogP contribution in [0.15, 0.2) is 49.2 Å². The van der Waals surface area contributed by atoms with Crippen molar-refractivity contribution >= 4 is 10.9 Å². The zero-order valence-corrected chi connectivity index (χ0v) is 14.4. The Morgan fingerprint density at radius 2 is 2.21 bits per heavy atom. The third-order valence-corrected chi connectivity index (χ3v) is 6.67. The summed E-state index contributed by atoms with van der Waals surface area (Å²) in [6.45, 7) is 9.74. The number of rotatable bonds is 4. The van der Waals surface area contributed by atoms with Crippen LogP contribution in [-0.4, -0.2) is 40.2 Å². The van der Waals surface area contributed by atoms with Gasteiger partial charge < -0.3 is 9.59 Å². The normalized spacial score (nSPS) is 33.5. The van der Waals surface area contributed by atoms with Crippen LogP contribution in [-0.2, 0) is 0 Å². The molecule has 3 saturated heterocycles. The van der Waals surface area contributed by atoms with Gasteiger partial charge in [0.25, 0.3) is 0 Å². The van der Waals surface area contributed by atoms with Crippen molar-refractivity contribution in [3.8, 4) is 0 Å². The Bertz CT molecular complexity index is 753. The fourth-order valence-corrected chi connectivity index (χ4v) is 5.23. The molecule has 0 spiro atoms. The topological polar surface area (TPSA) is 33.1 Å². The fourth-order valence-electron chi connectivity index (χ4n) is 5.23. The van der Waals surface area contributed by atoms with Gasteiger partial charge in [0, 0.05) is 30.3 Å². The number of benzene rings is 1. The van der Waals surface area contributed by atoms with Crippen LogP contribution in [0, 0.1) is 11.8 Å². The summed E-state index contributed by atoms with van der Waals surface area (Å²) in [6.07, 6.45) is 5.93. The SMILES string of the molecule is C=CC1C[N+]2(CC)CCC1CC2C(O)c1ccnc2ccccc12. The summed E-state index contributed by atoms with van der Waals surface area (Å²) >= 11 is 0. The number of likely N-dealkylation sites (N-methyl/N-ethyl adjacent to an activating group) is 1. The van der Waals surface area contributed by atoms with Crippen molar-refractivity contribution in [2.24, 2.45) is 11.8 Å². The highest BCUT2D eigenvalue weighted by molar-refractivity contribution is 5.82. The molecule has 1 N–H and O–H groups in total. The number of nitrogens with zero attached hydrogens (tertiary/aromatic N) is 2. The highest BCUT2D eigenvalue weighted by Crippen LogP contribution is 2.46. The second-order valence-electron chi connectivity index (χ2n) is 7.55. The Balaban J connectivity index is 1.74. The minimum absolute atomic E-state index is 0.288. The van der Waals surface area contributed by atoms with E-state index in [1.54, 1.807) is 0 Å². The highest BCUT2D eigenvalue weighted by atomic mass is 16.3. The van der Waals surface area contributed by atoms with E-state index in [4.69, 9.17) is 0 Å². The molecule has 3 nitrogen and oxygen atoms in total. The van der Waals surface area contributed by atoms with Gasteiger partial charge >= 0.3 is 0 Å². The zero-order valence-electron chi connectivity index (χ0n) is 14.4. The van der Waals surface area contributed by atoms with Crippen molar-refractivity contribution in [1.82, 2.24) is 4.98 Å². The Hall–Kier alpha value is -1.71. The van der Waals surface area contributed by atoms with E-state index in [-0.39, 0.29) is 6.04 Å². The molecule has 2 aromatic rings. The summed E-state index contributed by atoms with van der Waals surface area (Å²) in [5, 5.41) is 12.4. The number of para-hydroxylation sites is 1. The van der Waals surface area contributed by atoms with Crippen LogP contribution in [0.4, 0.5) is 0 Å². The van der Waals surface area contributed by atoms with Crippen molar-refractivity contribution in [1.29, 1.82) is 0 Å². The van der Waals surface area contributed by atoms with E-state index in [0.717, 1.165) is 40.5 Å². The Kier molecular flexibility index (Phi) is 3.93. The van der Waals surface area contributed by atoms with Gasteiger partial charge in [-0.3, -0.25) is 4.98 Å². The van der Waals surface area contributed by atoms with Gasteiger partial charge in [0.2, 0.25) is 0 Å². The van der Waals surface area contributed by atoms with E-state index in [1.165, 1.54) is 13.0 Å². The van der Waals surface area contributed by atoms with Gasteiger partial charge in [-0.15, -0.1) is 6.58 Å². The van der Waals surface area contributed by atoms with E-state index in [1.807, 2.05) is 30.5 Å². The monoisotopic (exact) mass is 323 g/mol. The molecule has 5 rings (SSSR count). The molecule has 5 unspecified atom stereocenters. The van der Waals surface area contributed by atoms with Crippen LogP contribution < -0.4 is 0 Å². The molecule has 3 aliphatic heterocycles. The van der Waals surface area contributed by atoms with Gasteiger partial charge in [-0.05, 0) is 30.5 Å². The Labute approximate surface area is 144 Å². The smallest absolute Gasteiger partial charge is 0.131 e. The largest absolute Gasteiger partial charge is 0.382 e. The maximum Gasteiger partial charge on any atom is 0.131 e.